The number of piperazine rings is 1. The Hall–Kier alpha value is -1.26. The molecule has 1 atom stereocenters. The monoisotopic (exact) mass is 376 g/mol. The van der Waals surface area contributed by atoms with Crippen LogP contribution in [0.25, 0.3) is 0 Å². The quantitative estimate of drug-likeness (QED) is 0.613. The largest absolute Gasteiger partial charge is 0.315 e. The maximum atomic E-state index is 12.7. The van der Waals surface area contributed by atoms with Crippen molar-refractivity contribution in [2.75, 3.05) is 39.3 Å². The molecule has 0 spiro atoms. The molecule has 0 radical (unpaired) electrons. The van der Waals surface area contributed by atoms with Crippen LogP contribution in [0.1, 0.15) is 6.42 Å². The summed E-state index contributed by atoms with van der Waals surface area (Å²) in [6, 6.07) is 5.73. The van der Waals surface area contributed by atoms with E-state index in [0.717, 1.165) is 25.6 Å². The Morgan fingerprint density at radius 2 is 1.92 bits per heavy atom. The summed E-state index contributed by atoms with van der Waals surface area (Å²) in [5, 5.41) is 14.1. The minimum absolute atomic E-state index is 0. The number of rotatable bonds is 4. The molecule has 0 aromatic heterocycles. The molecule has 0 aliphatic carbocycles. The van der Waals surface area contributed by atoms with E-state index in [4.69, 9.17) is 0 Å². The third-order valence-electron chi connectivity index (χ3n) is 4.49. The number of benzene rings is 1. The maximum absolute atomic E-state index is 12.7. The number of nitrogens with zero attached hydrogens (tertiary/aromatic N) is 3. The second kappa shape index (κ2) is 7.75. The maximum Gasteiger partial charge on any atom is 0.270 e. The van der Waals surface area contributed by atoms with Gasteiger partial charge in [0.15, 0.2) is 0 Å². The minimum Gasteiger partial charge on any atom is -0.315 e. The van der Waals surface area contributed by atoms with E-state index in [2.05, 4.69) is 10.2 Å². The van der Waals surface area contributed by atoms with Crippen LogP contribution >= 0.6 is 12.4 Å². The van der Waals surface area contributed by atoms with Gasteiger partial charge in [0.2, 0.25) is 10.0 Å². The Morgan fingerprint density at radius 3 is 2.50 bits per heavy atom. The third-order valence-corrected chi connectivity index (χ3v) is 6.38. The molecular formula is C14H21ClN4O4S. The average molecular weight is 377 g/mol. The van der Waals surface area contributed by atoms with Gasteiger partial charge >= 0.3 is 0 Å². The van der Waals surface area contributed by atoms with Crippen LogP contribution in [0.15, 0.2) is 29.2 Å². The van der Waals surface area contributed by atoms with Crippen LogP contribution in [0.2, 0.25) is 0 Å². The summed E-state index contributed by atoms with van der Waals surface area (Å²) in [7, 11) is -3.68. The summed E-state index contributed by atoms with van der Waals surface area (Å²) in [6.45, 7) is 4.19. The number of non-ortho nitro benzene ring substituents is 1. The fraction of sp³-hybridized carbons (Fsp3) is 0.571. The Balaban J connectivity index is 0.00000208. The van der Waals surface area contributed by atoms with Gasteiger partial charge in [-0.2, -0.15) is 4.31 Å². The molecule has 24 heavy (non-hydrogen) atoms. The van der Waals surface area contributed by atoms with Gasteiger partial charge in [0, 0.05) is 50.9 Å². The zero-order chi connectivity index (χ0) is 16.4. The van der Waals surface area contributed by atoms with Crippen LogP contribution in [-0.2, 0) is 10.0 Å². The van der Waals surface area contributed by atoms with E-state index < -0.39 is 14.9 Å². The highest BCUT2D eigenvalue weighted by Gasteiger charge is 2.32. The van der Waals surface area contributed by atoms with Crippen molar-refractivity contribution in [2.24, 2.45) is 0 Å². The van der Waals surface area contributed by atoms with Crippen LogP contribution < -0.4 is 5.32 Å². The molecule has 0 saturated carbocycles. The molecule has 2 heterocycles. The van der Waals surface area contributed by atoms with Crippen LogP contribution in [0.3, 0.4) is 0 Å². The lowest BCUT2D eigenvalue weighted by molar-refractivity contribution is -0.385. The normalized spacial score (nSPS) is 22.9. The predicted molar refractivity (Wildman–Crippen MR) is 92.0 cm³/mol. The molecule has 0 bridgehead atoms. The van der Waals surface area contributed by atoms with Gasteiger partial charge in [-0.3, -0.25) is 15.0 Å². The van der Waals surface area contributed by atoms with Gasteiger partial charge in [0.25, 0.3) is 5.69 Å². The van der Waals surface area contributed by atoms with Gasteiger partial charge in [-0.25, -0.2) is 8.42 Å². The lowest BCUT2D eigenvalue weighted by Crippen LogP contribution is -2.52. The molecule has 1 N–H and O–H groups in total. The molecule has 1 unspecified atom stereocenters. The van der Waals surface area contributed by atoms with Crippen molar-refractivity contribution < 1.29 is 13.3 Å². The first-order chi connectivity index (χ1) is 11.0. The van der Waals surface area contributed by atoms with Crippen molar-refractivity contribution in [1.29, 1.82) is 0 Å². The molecule has 134 valence electrons. The molecule has 10 heteroatoms. The van der Waals surface area contributed by atoms with Gasteiger partial charge < -0.3 is 5.32 Å². The van der Waals surface area contributed by atoms with E-state index in [1.807, 2.05) is 0 Å². The Bertz CT molecular complexity index is 686. The lowest BCUT2D eigenvalue weighted by atomic mass is 10.2. The molecule has 1 aromatic rings. The number of nitro groups is 1. The van der Waals surface area contributed by atoms with Crippen molar-refractivity contribution >= 4 is 28.1 Å². The van der Waals surface area contributed by atoms with Gasteiger partial charge in [-0.1, -0.05) is 6.07 Å². The average Bonchev–Trinajstić information content (AvgIpc) is 3.09. The van der Waals surface area contributed by atoms with Crippen molar-refractivity contribution in [3.05, 3.63) is 34.4 Å². The minimum atomic E-state index is -3.68. The van der Waals surface area contributed by atoms with Gasteiger partial charge in [-0.05, 0) is 19.0 Å². The molecule has 1 aromatic carbocycles. The molecule has 0 amide bonds. The summed E-state index contributed by atoms with van der Waals surface area (Å²) in [5.74, 6) is 0. The highest BCUT2D eigenvalue weighted by atomic mass is 35.5. The summed E-state index contributed by atoms with van der Waals surface area (Å²) < 4.78 is 26.7. The van der Waals surface area contributed by atoms with Crippen LogP contribution in [0, 0.1) is 10.1 Å². The second-order valence-electron chi connectivity index (χ2n) is 5.84. The zero-order valence-electron chi connectivity index (χ0n) is 13.1. The number of hydrogen-bond acceptors (Lipinski definition) is 6. The molecule has 2 aliphatic heterocycles. The van der Waals surface area contributed by atoms with E-state index in [9.17, 15) is 18.5 Å². The summed E-state index contributed by atoms with van der Waals surface area (Å²) in [5.41, 5.74) is -0.207. The molecular weight excluding hydrogens is 356 g/mol. The Morgan fingerprint density at radius 1 is 1.21 bits per heavy atom. The lowest BCUT2D eigenvalue weighted by Gasteiger charge is -2.37. The van der Waals surface area contributed by atoms with Crippen molar-refractivity contribution in [3.8, 4) is 0 Å². The number of halogens is 1. The SMILES string of the molecule is Cl.O=[N+]([O-])c1cccc(S(=O)(=O)N2CCN(C3CCNC3)CC2)c1. The Kier molecular flexibility index (Phi) is 6.16. The number of nitro benzene ring substituents is 1. The fourth-order valence-corrected chi connectivity index (χ4v) is 4.63. The zero-order valence-corrected chi connectivity index (χ0v) is 14.8. The number of hydrogen-bond donors (Lipinski definition) is 1. The summed E-state index contributed by atoms with van der Waals surface area (Å²) >= 11 is 0. The van der Waals surface area contributed by atoms with Crippen LogP contribution in [-0.4, -0.2) is 67.9 Å². The van der Waals surface area contributed by atoms with Crippen molar-refractivity contribution in [3.63, 3.8) is 0 Å². The highest BCUT2D eigenvalue weighted by Crippen LogP contribution is 2.22. The van der Waals surface area contributed by atoms with E-state index >= 15 is 0 Å². The van der Waals surface area contributed by atoms with E-state index in [1.165, 1.54) is 22.5 Å². The van der Waals surface area contributed by atoms with Gasteiger partial charge in [0.1, 0.15) is 0 Å². The van der Waals surface area contributed by atoms with E-state index in [1.54, 1.807) is 0 Å². The topological polar surface area (TPSA) is 95.8 Å². The smallest absolute Gasteiger partial charge is 0.270 e. The van der Waals surface area contributed by atoms with E-state index in [-0.39, 0.29) is 23.0 Å². The standard InChI is InChI=1S/C14H20N4O4S.ClH/c19-18(20)12-2-1-3-14(10-12)23(21,22)17-8-6-16(7-9-17)13-4-5-15-11-13;/h1-3,10,13,15H,4-9,11H2;1H. The summed E-state index contributed by atoms with van der Waals surface area (Å²) in [4.78, 5) is 12.6. The number of sulfonamides is 1. The van der Waals surface area contributed by atoms with Crippen LogP contribution in [0.5, 0.6) is 0 Å². The summed E-state index contributed by atoms with van der Waals surface area (Å²) in [6.07, 6.45) is 1.09. The fourth-order valence-electron chi connectivity index (χ4n) is 3.17. The third kappa shape index (κ3) is 3.86. The van der Waals surface area contributed by atoms with Crippen LogP contribution in [0.4, 0.5) is 5.69 Å². The van der Waals surface area contributed by atoms with Gasteiger partial charge in [0.05, 0.1) is 9.82 Å². The molecule has 8 nitrogen and oxygen atoms in total. The first-order valence-corrected chi connectivity index (χ1v) is 9.12. The molecule has 2 fully saturated rings. The van der Waals surface area contributed by atoms with Crippen molar-refractivity contribution in [1.82, 2.24) is 14.5 Å². The molecule has 2 aliphatic rings. The number of nitrogens with one attached hydrogen (secondary N) is 1. The first-order valence-electron chi connectivity index (χ1n) is 7.68. The second-order valence-corrected chi connectivity index (χ2v) is 7.78. The molecule has 2 saturated heterocycles. The van der Waals surface area contributed by atoms with E-state index in [0.29, 0.717) is 32.2 Å². The predicted octanol–water partition coefficient (Wildman–Crippen LogP) is 0.685. The highest BCUT2D eigenvalue weighted by molar-refractivity contribution is 7.89. The van der Waals surface area contributed by atoms with Crippen molar-refractivity contribution in [2.45, 2.75) is 17.4 Å². The molecule has 3 rings (SSSR count). The Labute approximate surface area is 147 Å². The van der Waals surface area contributed by atoms with Gasteiger partial charge in [-0.15, -0.1) is 12.4 Å². The first kappa shape index (κ1) is 19.1.